The van der Waals surface area contributed by atoms with Gasteiger partial charge < -0.3 is 15.3 Å². The number of hydrogen-bond donors (Lipinski definition) is 2. The van der Waals surface area contributed by atoms with Gasteiger partial charge in [-0.25, -0.2) is 0 Å². The molecule has 0 aliphatic carbocycles. The summed E-state index contributed by atoms with van der Waals surface area (Å²) in [6.45, 7) is 2.86. The highest BCUT2D eigenvalue weighted by Gasteiger charge is 2.13. The second-order valence-corrected chi connectivity index (χ2v) is 3.44. The van der Waals surface area contributed by atoms with E-state index in [4.69, 9.17) is 5.11 Å². The van der Waals surface area contributed by atoms with Crippen LogP contribution in [0.4, 0.5) is 5.69 Å². The molecule has 0 atom stereocenters. The van der Waals surface area contributed by atoms with E-state index in [-0.39, 0.29) is 12.5 Å². The highest BCUT2D eigenvalue weighted by atomic mass is 16.3. The van der Waals surface area contributed by atoms with Crippen molar-refractivity contribution in [2.75, 3.05) is 32.1 Å². The van der Waals surface area contributed by atoms with E-state index in [0.717, 1.165) is 5.69 Å². The molecule has 1 aromatic rings. The molecule has 0 saturated heterocycles. The Labute approximate surface area is 95.9 Å². The van der Waals surface area contributed by atoms with Crippen LogP contribution in [0, 0.1) is 0 Å². The van der Waals surface area contributed by atoms with Crippen molar-refractivity contribution in [3.63, 3.8) is 0 Å². The Morgan fingerprint density at radius 3 is 2.81 bits per heavy atom. The van der Waals surface area contributed by atoms with Crippen LogP contribution in [0.2, 0.25) is 0 Å². The molecular formula is C12H18N2O2. The molecule has 16 heavy (non-hydrogen) atoms. The van der Waals surface area contributed by atoms with Crippen molar-refractivity contribution in [1.29, 1.82) is 0 Å². The van der Waals surface area contributed by atoms with Crippen molar-refractivity contribution in [2.24, 2.45) is 0 Å². The maximum Gasteiger partial charge on any atom is 0.253 e. The summed E-state index contributed by atoms with van der Waals surface area (Å²) in [5, 5.41) is 11.8. The fraction of sp³-hybridized carbons (Fsp3) is 0.417. The van der Waals surface area contributed by atoms with E-state index < -0.39 is 0 Å². The number of nitrogens with one attached hydrogen (secondary N) is 1. The monoisotopic (exact) mass is 222 g/mol. The molecule has 0 aromatic heterocycles. The summed E-state index contributed by atoms with van der Waals surface area (Å²) in [7, 11) is 1.81. The molecule has 0 fully saturated rings. The van der Waals surface area contributed by atoms with Crippen molar-refractivity contribution in [1.82, 2.24) is 4.90 Å². The number of hydrogen-bond acceptors (Lipinski definition) is 3. The lowest BCUT2D eigenvalue weighted by Crippen LogP contribution is -2.33. The third kappa shape index (κ3) is 2.97. The van der Waals surface area contributed by atoms with Gasteiger partial charge in [0.05, 0.1) is 6.61 Å². The molecular weight excluding hydrogens is 204 g/mol. The summed E-state index contributed by atoms with van der Waals surface area (Å²) in [6.07, 6.45) is 0. The lowest BCUT2D eigenvalue weighted by atomic mass is 10.1. The smallest absolute Gasteiger partial charge is 0.253 e. The van der Waals surface area contributed by atoms with Crippen LogP contribution in [0.15, 0.2) is 24.3 Å². The Morgan fingerprint density at radius 1 is 1.50 bits per heavy atom. The average molecular weight is 222 g/mol. The van der Waals surface area contributed by atoms with Crippen molar-refractivity contribution >= 4 is 11.6 Å². The lowest BCUT2D eigenvalue weighted by molar-refractivity contribution is 0.0732. The second kappa shape index (κ2) is 6.12. The third-order valence-electron chi connectivity index (χ3n) is 2.44. The minimum atomic E-state index is -0.0475. The third-order valence-corrected chi connectivity index (χ3v) is 2.44. The molecule has 4 nitrogen and oxygen atoms in total. The standard InChI is InChI=1S/C12H18N2O2/c1-3-14(7-8-15)12(16)10-5-4-6-11(9-10)13-2/h4-6,9,13,15H,3,7-8H2,1-2H3. The van der Waals surface area contributed by atoms with E-state index in [1.165, 1.54) is 0 Å². The fourth-order valence-electron chi connectivity index (χ4n) is 1.51. The number of nitrogens with zero attached hydrogens (tertiary/aromatic N) is 1. The van der Waals surface area contributed by atoms with Crippen molar-refractivity contribution < 1.29 is 9.90 Å². The summed E-state index contributed by atoms with van der Waals surface area (Å²) in [4.78, 5) is 13.6. The first kappa shape index (κ1) is 12.5. The number of amides is 1. The molecule has 2 N–H and O–H groups in total. The summed E-state index contributed by atoms with van der Waals surface area (Å²) < 4.78 is 0. The number of carbonyl (C=O) groups excluding carboxylic acids is 1. The second-order valence-electron chi connectivity index (χ2n) is 3.44. The Kier molecular flexibility index (Phi) is 4.79. The zero-order valence-corrected chi connectivity index (χ0v) is 9.73. The van der Waals surface area contributed by atoms with Gasteiger partial charge in [0.2, 0.25) is 0 Å². The van der Waals surface area contributed by atoms with Crippen LogP contribution in [-0.2, 0) is 0 Å². The van der Waals surface area contributed by atoms with Crippen LogP contribution < -0.4 is 5.32 Å². The molecule has 0 radical (unpaired) electrons. The Morgan fingerprint density at radius 2 is 2.25 bits per heavy atom. The minimum absolute atomic E-state index is 0.00863. The minimum Gasteiger partial charge on any atom is -0.395 e. The quantitative estimate of drug-likeness (QED) is 0.786. The SMILES string of the molecule is CCN(CCO)C(=O)c1cccc(NC)c1. The van der Waals surface area contributed by atoms with Gasteiger partial charge in [-0.2, -0.15) is 0 Å². The molecule has 1 rings (SSSR count). The number of carbonyl (C=O) groups is 1. The van der Waals surface area contributed by atoms with E-state index in [9.17, 15) is 4.79 Å². The average Bonchev–Trinajstić information content (AvgIpc) is 2.35. The van der Waals surface area contributed by atoms with Gasteiger partial charge in [0, 0.05) is 31.4 Å². The number of anilines is 1. The highest BCUT2D eigenvalue weighted by molar-refractivity contribution is 5.95. The lowest BCUT2D eigenvalue weighted by Gasteiger charge is -2.19. The van der Waals surface area contributed by atoms with Crippen LogP contribution in [0.3, 0.4) is 0 Å². The molecule has 0 spiro atoms. The van der Waals surface area contributed by atoms with Gasteiger partial charge in [-0.15, -0.1) is 0 Å². The van der Waals surface area contributed by atoms with Crippen molar-refractivity contribution in [2.45, 2.75) is 6.92 Å². The first-order chi connectivity index (χ1) is 7.72. The Bertz CT molecular complexity index is 353. The maximum absolute atomic E-state index is 12.0. The number of likely N-dealkylation sites (N-methyl/N-ethyl adjacent to an activating group) is 1. The van der Waals surface area contributed by atoms with Crippen LogP contribution >= 0.6 is 0 Å². The molecule has 0 heterocycles. The van der Waals surface area contributed by atoms with Crippen LogP contribution in [0.1, 0.15) is 17.3 Å². The topological polar surface area (TPSA) is 52.6 Å². The van der Waals surface area contributed by atoms with E-state index >= 15 is 0 Å². The van der Waals surface area contributed by atoms with Gasteiger partial charge in [0.15, 0.2) is 0 Å². The Balaban J connectivity index is 2.85. The molecule has 0 aliphatic heterocycles. The number of aliphatic hydroxyl groups excluding tert-OH is 1. The molecule has 88 valence electrons. The van der Waals surface area contributed by atoms with Crippen molar-refractivity contribution in [3.8, 4) is 0 Å². The van der Waals surface area contributed by atoms with E-state index in [1.54, 1.807) is 11.0 Å². The molecule has 0 aliphatic rings. The van der Waals surface area contributed by atoms with E-state index in [0.29, 0.717) is 18.7 Å². The van der Waals surface area contributed by atoms with E-state index in [1.807, 2.05) is 32.2 Å². The zero-order valence-electron chi connectivity index (χ0n) is 9.73. The molecule has 0 saturated carbocycles. The number of rotatable bonds is 5. The summed E-state index contributed by atoms with van der Waals surface area (Å²) >= 11 is 0. The van der Waals surface area contributed by atoms with Gasteiger partial charge in [-0.1, -0.05) is 6.07 Å². The predicted molar refractivity (Wildman–Crippen MR) is 64.7 cm³/mol. The fourth-order valence-corrected chi connectivity index (χ4v) is 1.51. The van der Waals surface area contributed by atoms with Gasteiger partial charge in [-0.05, 0) is 25.1 Å². The van der Waals surface area contributed by atoms with Crippen molar-refractivity contribution in [3.05, 3.63) is 29.8 Å². The molecule has 4 heteroatoms. The Hall–Kier alpha value is -1.55. The normalized spacial score (nSPS) is 9.94. The van der Waals surface area contributed by atoms with Crippen LogP contribution in [-0.4, -0.2) is 42.7 Å². The molecule has 1 aromatic carbocycles. The number of aliphatic hydroxyl groups is 1. The summed E-state index contributed by atoms with van der Waals surface area (Å²) in [5.74, 6) is -0.0475. The molecule has 1 amide bonds. The summed E-state index contributed by atoms with van der Waals surface area (Å²) in [5.41, 5.74) is 1.55. The molecule has 0 bridgehead atoms. The highest BCUT2D eigenvalue weighted by Crippen LogP contribution is 2.11. The van der Waals surface area contributed by atoms with E-state index in [2.05, 4.69) is 5.32 Å². The zero-order chi connectivity index (χ0) is 12.0. The maximum atomic E-state index is 12.0. The first-order valence-corrected chi connectivity index (χ1v) is 5.40. The van der Waals surface area contributed by atoms with Gasteiger partial charge in [0.1, 0.15) is 0 Å². The predicted octanol–water partition coefficient (Wildman–Crippen LogP) is 1.18. The van der Waals surface area contributed by atoms with Crippen LogP contribution in [0.25, 0.3) is 0 Å². The van der Waals surface area contributed by atoms with Crippen LogP contribution in [0.5, 0.6) is 0 Å². The summed E-state index contributed by atoms with van der Waals surface area (Å²) in [6, 6.07) is 7.33. The molecule has 0 unspecified atom stereocenters. The first-order valence-electron chi connectivity index (χ1n) is 5.40. The van der Waals surface area contributed by atoms with Gasteiger partial charge in [0.25, 0.3) is 5.91 Å². The largest absolute Gasteiger partial charge is 0.395 e. The van der Waals surface area contributed by atoms with Gasteiger partial charge in [-0.3, -0.25) is 4.79 Å². The number of benzene rings is 1. The van der Waals surface area contributed by atoms with Gasteiger partial charge >= 0.3 is 0 Å².